The maximum atomic E-state index is 11.8. The van der Waals surface area contributed by atoms with Crippen LogP contribution in [0, 0.1) is 5.92 Å². The van der Waals surface area contributed by atoms with Crippen LogP contribution in [0.1, 0.15) is 44.0 Å². The molecule has 118 valence electrons. The molecule has 1 atom stereocenters. The summed E-state index contributed by atoms with van der Waals surface area (Å²) in [5.74, 6) is 0.145. The summed E-state index contributed by atoms with van der Waals surface area (Å²) in [6.07, 6.45) is 1.45. The Morgan fingerprint density at radius 2 is 1.95 bits per heavy atom. The third-order valence-corrected chi connectivity index (χ3v) is 3.75. The van der Waals surface area contributed by atoms with Gasteiger partial charge in [-0.15, -0.1) is 0 Å². The second kappa shape index (κ2) is 8.52. The molecule has 5 N–H and O–H groups in total. The number of benzene rings is 1. The van der Waals surface area contributed by atoms with Gasteiger partial charge in [-0.05, 0) is 31.0 Å². The number of aliphatic hydroxyl groups excluding tert-OH is 1. The standard InChI is InChI=1S/C16H27N3O2/c1-4-11(5-2)15(20)10-19-14-9-12(7-8-13(14)17)16(21)18-6-3/h7-9,11,15,19-20H,4-6,10,17H2,1-3H3,(H,18,21). The molecule has 0 saturated carbocycles. The molecule has 0 radical (unpaired) electrons. The molecule has 1 amide bonds. The average Bonchev–Trinajstić information content (AvgIpc) is 2.47. The molecule has 0 aliphatic heterocycles. The minimum atomic E-state index is -0.424. The minimum absolute atomic E-state index is 0.124. The van der Waals surface area contributed by atoms with E-state index in [0.29, 0.717) is 30.0 Å². The zero-order valence-electron chi connectivity index (χ0n) is 13.1. The molecule has 0 saturated heterocycles. The van der Waals surface area contributed by atoms with E-state index in [1.165, 1.54) is 0 Å². The van der Waals surface area contributed by atoms with Gasteiger partial charge in [-0.2, -0.15) is 0 Å². The number of hydrogen-bond donors (Lipinski definition) is 4. The van der Waals surface area contributed by atoms with Crippen molar-refractivity contribution in [2.45, 2.75) is 39.7 Å². The molecule has 1 unspecified atom stereocenters. The molecular formula is C16H27N3O2. The molecular weight excluding hydrogens is 266 g/mol. The van der Waals surface area contributed by atoms with Crippen LogP contribution in [-0.2, 0) is 0 Å². The number of nitrogens with one attached hydrogen (secondary N) is 2. The van der Waals surface area contributed by atoms with Gasteiger partial charge < -0.3 is 21.5 Å². The van der Waals surface area contributed by atoms with Crippen molar-refractivity contribution in [3.05, 3.63) is 23.8 Å². The topological polar surface area (TPSA) is 87.4 Å². The van der Waals surface area contributed by atoms with E-state index >= 15 is 0 Å². The lowest BCUT2D eigenvalue weighted by molar-refractivity contribution is 0.0956. The zero-order chi connectivity index (χ0) is 15.8. The Morgan fingerprint density at radius 3 is 2.52 bits per heavy atom. The largest absolute Gasteiger partial charge is 0.397 e. The van der Waals surface area contributed by atoms with Crippen molar-refractivity contribution >= 4 is 17.3 Å². The van der Waals surface area contributed by atoms with Crippen LogP contribution in [-0.4, -0.2) is 30.2 Å². The molecule has 1 rings (SSSR count). The molecule has 0 aliphatic rings. The maximum absolute atomic E-state index is 11.8. The van der Waals surface area contributed by atoms with E-state index in [4.69, 9.17) is 5.73 Å². The van der Waals surface area contributed by atoms with E-state index in [1.807, 2.05) is 6.92 Å². The second-order valence-electron chi connectivity index (χ2n) is 5.19. The smallest absolute Gasteiger partial charge is 0.251 e. The highest BCUT2D eigenvalue weighted by Crippen LogP contribution is 2.21. The van der Waals surface area contributed by atoms with Crippen molar-refractivity contribution in [3.8, 4) is 0 Å². The van der Waals surface area contributed by atoms with Gasteiger partial charge in [-0.1, -0.05) is 26.7 Å². The average molecular weight is 293 g/mol. The van der Waals surface area contributed by atoms with Gasteiger partial charge in [0, 0.05) is 18.7 Å². The monoisotopic (exact) mass is 293 g/mol. The number of carbonyl (C=O) groups excluding carboxylic acids is 1. The quantitative estimate of drug-likeness (QED) is 0.554. The fourth-order valence-electron chi connectivity index (χ4n) is 2.33. The first-order valence-electron chi connectivity index (χ1n) is 7.63. The molecule has 0 spiro atoms. The van der Waals surface area contributed by atoms with Gasteiger partial charge in [-0.25, -0.2) is 0 Å². The lowest BCUT2D eigenvalue weighted by Crippen LogP contribution is -2.28. The third-order valence-electron chi connectivity index (χ3n) is 3.75. The lowest BCUT2D eigenvalue weighted by atomic mass is 9.96. The summed E-state index contributed by atoms with van der Waals surface area (Å²) >= 11 is 0. The van der Waals surface area contributed by atoms with Crippen LogP contribution in [0.25, 0.3) is 0 Å². The number of rotatable bonds is 8. The Hall–Kier alpha value is -1.75. The van der Waals surface area contributed by atoms with E-state index in [-0.39, 0.29) is 11.8 Å². The van der Waals surface area contributed by atoms with Crippen LogP contribution in [0.2, 0.25) is 0 Å². The number of amides is 1. The predicted octanol–water partition coefficient (Wildman–Crippen LogP) is 2.23. The van der Waals surface area contributed by atoms with Crippen molar-refractivity contribution in [2.24, 2.45) is 5.92 Å². The summed E-state index contributed by atoms with van der Waals surface area (Å²) in [6.45, 7) is 7.03. The molecule has 0 aliphatic carbocycles. The van der Waals surface area contributed by atoms with Crippen molar-refractivity contribution in [1.29, 1.82) is 0 Å². The first kappa shape index (κ1) is 17.3. The van der Waals surface area contributed by atoms with Gasteiger partial charge in [0.2, 0.25) is 0 Å². The van der Waals surface area contributed by atoms with Gasteiger partial charge in [-0.3, -0.25) is 4.79 Å². The maximum Gasteiger partial charge on any atom is 0.251 e. The van der Waals surface area contributed by atoms with E-state index in [2.05, 4.69) is 24.5 Å². The summed E-state index contributed by atoms with van der Waals surface area (Å²) in [7, 11) is 0. The molecule has 1 aromatic carbocycles. The molecule has 1 aromatic rings. The SMILES string of the molecule is CCNC(=O)c1ccc(N)c(NCC(O)C(CC)CC)c1. The number of carbonyl (C=O) groups is 1. The molecule has 21 heavy (non-hydrogen) atoms. The van der Waals surface area contributed by atoms with Gasteiger partial charge in [0.05, 0.1) is 17.5 Å². The van der Waals surface area contributed by atoms with E-state index in [9.17, 15) is 9.90 Å². The highest BCUT2D eigenvalue weighted by molar-refractivity contribution is 5.96. The number of nitrogen functional groups attached to an aromatic ring is 1. The van der Waals surface area contributed by atoms with Gasteiger partial charge in [0.15, 0.2) is 0 Å². The highest BCUT2D eigenvalue weighted by Gasteiger charge is 2.16. The fourth-order valence-corrected chi connectivity index (χ4v) is 2.33. The number of aliphatic hydroxyl groups is 1. The molecule has 0 aromatic heterocycles. The normalized spacial score (nSPS) is 12.2. The molecule has 0 bridgehead atoms. The van der Waals surface area contributed by atoms with Gasteiger partial charge in [0.1, 0.15) is 0 Å². The van der Waals surface area contributed by atoms with Crippen LogP contribution >= 0.6 is 0 Å². The summed E-state index contributed by atoms with van der Waals surface area (Å²) < 4.78 is 0. The fraction of sp³-hybridized carbons (Fsp3) is 0.562. The summed E-state index contributed by atoms with van der Waals surface area (Å²) in [4.78, 5) is 11.8. The van der Waals surface area contributed by atoms with Crippen LogP contribution in [0.4, 0.5) is 11.4 Å². The molecule has 5 nitrogen and oxygen atoms in total. The third kappa shape index (κ3) is 4.93. The van der Waals surface area contributed by atoms with Gasteiger partial charge in [0.25, 0.3) is 5.91 Å². The van der Waals surface area contributed by atoms with E-state index in [0.717, 1.165) is 12.8 Å². The van der Waals surface area contributed by atoms with E-state index < -0.39 is 6.10 Å². The number of anilines is 2. The Bertz CT molecular complexity index is 459. The first-order chi connectivity index (χ1) is 10.0. The van der Waals surface area contributed by atoms with Crippen molar-refractivity contribution < 1.29 is 9.90 Å². The van der Waals surface area contributed by atoms with Crippen molar-refractivity contribution in [1.82, 2.24) is 5.32 Å². The zero-order valence-corrected chi connectivity index (χ0v) is 13.1. The summed E-state index contributed by atoms with van der Waals surface area (Å²) in [5.41, 5.74) is 7.73. The van der Waals surface area contributed by atoms with Gasteiger partial charge >= 0.3 is 0 Å². The van der Waals surface area contributed by atoms with Crippen LogP contribution in [0.5, 0.6) is 0 Å². The van der Waals surface area contributed by atoms with Crippen LogP contribution < -0.4 is 16.4 Å². The second-order valence-corrected chi connectivity index (χ2v) is 5.19. The highest BCUT2D eigenvalue weighted by atomic mass is 16.3. The number of nitrogens with two attached hydrogens (primary N) is 1. The van der Waals surface area contributed by atoms with Crippen LogP contribution in [0.3, 0.4) is 0 Å². The Kier molecular flexibility index (Phi) is 7.02. The minimum Gasteiger partial charge on any atom is -0.397 e. The number of hydrogen-bond acceptors (Lipinski definition) is 4. The molecule has 0 heterocycles. The van der Waals surface area contributed by atoms with E-state index in [1.54, 1.807) is 18.2 Å². The predicted molar refractivity (Wildman–Crippen MR) is 87.4 cm³/mol. The Morgan fingerprint density at radius 1 is 1.29 bits per heavy atom. The van der Waals surface area contributed by atoms with Crippen LogP contribution in [0.15, 0.2) is 18.2 Å². The molecule has 5 heteroatoms. The summed E-state index contributed by atoms with van der Waals surface area (Å²) in [6, 6.07) is 5.12. The van der Waals surface area contributed by atoms with Crippen molar-refractivity contribution in [3.63, 3.8) is 0 Å². The first-order valence-corrected chi connectivity index (χ1v) is 7.63. The lowest BCUT2D eigenvalue weighted by Gasteiger charge is -2.21. The van der Waals surface area contributed by atoms with Crippen molar-refractivity contribution in [2.75, 3.05) is 24.1 Å². The summed E-state index contributed by atoms with van der Waals surface area (Å²) in [5, 5.41) is 16.0. The Balaban J connectivity index is 2.74. The molecule has 0 fully saturated rings. The Labute approximate surface area is 126 Å².